The maximum atomic E-state index is 12.2. The molecule has 0 saturated heterocycles. The van der Waals surface area contributed by atoms with E-state index in [1.54, 1.807) is 18.2 Å². The molecule has 0 aromatic carbocycles. The molecule has 2 N–H and O–H groups in total. The summed E-state index contributed by atoms with van der Waals surface area (Å²) in [5, 5.41) is 5.67. The van der Waals surface area contributed by atoms with Crippen LogP contribution in [0.25, 0.3) is 0 Å². The zero-order valence-corrected chi connectivity index (χ0v) is 19.9. The first kappa shape index (κ1) is 27.6. The maximum absolute atomic E-state index is 12.2. The number of hydrogen-bond acceptors (Lipinski definition) is 3. The molecule has 0 radical (unpaired) electrons. The van der Waals surface area contributed by atoms with E-state index in [-0.39, 0.29) is 11.8 Å². The van der Waals surface area contributed by atoms with Crippen LogP contribution >= 0.6 is 0 Å². The van der Waals surface area contributed by atoms with Gasteiger partial charge in [-0.05, 0) is 50.7 Å². The number of anilines is 2. The molecule has 32 heavy (non-hydrogen) atoms. The van der Waals surface area contributed by atoms with Crippen LogP contribution in [0.5, 0.6) is 0 Å². The topological polar surface area (TPSA) is 71.1 Å². The molecule has 178 valence electrons. The molecule has 0 aliphatic heterocycles. The first-order valence-electron chi connectivity index (χ1n) is 12.4. The van der Waals surface area contributed by atoms with Gasteiger partial charge in [0, 0.05) is 12.8 Å². The fraction of sp³-hybridized carbons (Fsp3) is 0.593. The highest BCUT2D eigenvalue weighted by Gasteiger charge is 2.07. The Morgan fingerprint density at radius 2 is 1.03 bits per heavy atom. The van der Waals surface area contributed by atoms with Crippen molar-refractivity contribution >= 4 is 23.5 Å². The molecule has 1 heterocycles. The predicted octanol–water partition coefficient (Wildman–Crippen LogP) is 7.57. The van der Waals surface area contributed by atoms with E-state index in [4.69, 9.17) is 0 Å². The van der Waals surface area contributed by atoms with Gasteiger partial charge in [0.1, 0.15) is 11.6 Å². The van der Waals surface area contributed by atoms with Gasteiger partial charge in [0.25, 0.3) is 0 Å². The summed E-state index contributed by atoms with van der Waals surface area (Å²) in [4.78, 5) is 28.6. The molecule has 0 unspecified atom stereocenters. The molecule has 1 aromatic heterocycles. The van der Waals surface area contributed by atoms with Gasteiger partial charge in [0.15, 0.2) is 0 Å². The summed E-state index contributed by atoms with van der Waals surface area (Å²) in [5.74, 6) is 0.912. The summed E-state index contributed by atoms with van der Waals surface area (Å²) in [6, 6.07) is 5.30. The largest absolute Gasteiger partial charge is 0.311 e. The van der Waals surface area contributed by atoms with Crippen molar-refractivity contribution in [3.8, 4) is 0 Å². The van der Waals surface area contributed by atoms with E-state index in [9.17, 15) is 9.59 Å². The number of rotatable bonds is 20. The molecule has 0 atom stereocenters. The van der Waals surface area contributed by atoms with Gasteiger partial charge in [-0.15, -0.1) is 13.2 Å². The fourth-order valence-electron chi connectivity index (χ4n) is 3.55. The Labute approximate surface area is 195 Å². The molecule has 5 heteroatoms. The van der Waals surface area contributed by atoms with Gasteiger partial charge in [-0.1, -0.05) is 69.6 Å². The Balaban J connectivity index is 2.17. The lowest BCUT2D eigenvalue weighted by Gasteiger charge is -2.08. The number of pyridine rings is 1. The Hall–Kier alpha value is -2.43. The highest BCUT2D eigenvalue weighted by atomic mass is 16.2. The van der Waals surface area contributed by atoms with Crippen LogP contribution in [0.1, 0.15) is 103 Å². The van der Waals surface area contributed by atoms with E-state index in [0.717, 1.165) is 38.5 Å². The zero-order chi connectivity index (χ0) is 23.3. The molecule has 0 aliphatic rings. The van der Waals surface area contributed by atoms with E-state index in [2.05, 4.69) is 28.8 Å². The van der Waals surface area contributed by atoms with Gasteiger partial charge in [0.2, 0.25) is 11.8 Å². The van der Waals surface area contributed by atoms with E-state index in [0.29, 0.717) is 24.5 Å². The number of unbranched alkanes of at least 4 members (excludes halogenated alkanes) is 12. The van der Waals surface area contributed by atoms with Crippen LogP contribution in [0.15, 0.2) is 43.5 Å². The summed E-state index contributed by atoms with van der Waals surface area (Å²) in [5.41, 5.74) is 0. The summed E-state index contributed by atoms with van der Waals surface area (Å²) in [6.07, 6.45) is 20.7. The average Bonchev–Trinajstić information content (AvgIpc) is 2.77. The van der Waals surface area contributed by atoms with Gasteiger partial charge in [0.05, 0.1) is 0 Å². The van der Waals surface area contributed by atoms with E-state index in [1.807, 2.05) is 12.2 Å². The SMILES string of the molecule is C=CCCCCCCCCC(=O)Nc1cccc(NC(=O)CCCCCCCCC=C)n1. The quantitative estimate of drug-likeness (QED) is 0.162. The van der Waals surface area contributed by atoms with Crippen molar-refractivity contribution in [2.45, 2.75) is 103 Å². The third-order valence-electron chi connectivity index (χ3n) is 5.41. The second kappa shape index (κ2) is 19.3. The average molecular weight is 442 g/mol. The molecule has 5 nitrogen and oxygen atoms in total. The lowest BCUT2D eigenvalue weighted by molar-refractivity contribution is -0.117. The monoisotopic (exact) mass is 441 g/mol. The minimum atomic E-state index is -0.0271. The first-order valence-corrected chi connectivity index (χ1v) is 12.4. The number of aromatic nitrogens is 1. The smallest absolute Gasteiger partial charge is 0.225 e. The maximum Gasteiger partial charge on any atom is 0.225 e. The van der Waals surface area contributed by atoms with Crippen LogP contribution in [0.2, 0.25) is 0 Å². The van der Waals surface area contributed by atoms with Crippen LogP contribution in [0.3, 0.4) is 0 Å². The Kier molecular flexibility index (Phi) is 16.6. The number of amides is 2. The van der Waals surface area contributed by atoms with Gasteiger partial charge in [-0.25, -0.2) is 4.98 Å². The Morgan fingerprint density at radius 3 is 1.44 bits per heavy atom. The van der Waals surface area contributed by atoms with E-state index < -0.39 is 0 Å². The van der Waals surface area contributed by atoms with Gasteiger partial charge in [-0.2, -0.15) is 0 Å². The molecular formula is C27H43N3O2. The number of carbonyl (C=O) groups is 2. The van der Waals surface area contributed by atoms with Crippen molar-refractivity contribution < 1.29 is 9.59 Å². The lowest BCUT2D eigenvalue weighted by Crippen LogP contribution is -2.15. The van der Waals surface area contributed by atoms with Crippen LogP contribution in [-0.2, 0) is 9.59 Å². The predicted molar refractivity (Wildman–Crippen MR) is 136 cm³/mol. The Morgan fingerprint density at radius 1 is 0.656 bits per heavy atom. The molecule has 0 bridgehead atoms. The molecular weight excluding hydrogens is 398 g/mol. The summed E-state index contributed by atoms with van der Waals surface area (Å²) < 4.78 is 0. The summed E-state index contributed by atoms with van der Waals surface area (Å²) >= 11 is 0. The normalized spacial score (nSPS) is 10.5. The summed E-state index contributed by atoms with van der Waals surface area (Å²) in [6.45, 7) is 7.47. The van der Waals surface area contributed by atoms with Crippen molar-refractivity contribution in [2.24, 2.45) is 0 Å². The van der Waals surface area contributed by atoms with Gasteiger partial charge >= 0.3 is 0 Å². The van der Waals surface area contributed by atoms with Crippen LogP contribution in [-0.4, -0.2) is 16.8 Å². The molecule has 1 aromatic rings. The van der Waals surface area contributed by atoms with Gasteiger partial charge in [-0.3, -0.25) is 9.59 Å². The van der Waals surface area contributed by atoms with E-state index >= 15 is 0 Å². The molecule has 2 amide bonds. The van der Waals surface area contributed by atoms with Crippen LogP contribution in [0, 0.1) is 0 Å². The number of allylic oxidation sites excluding steroid dienone is 2. The third kappa shape index (κ3) is 15.4. The fourth-order valence-corrected chi connectivity index (χ4v) is 3.55. The van der Waals surface area contributed by atoms with Crippen molar-refractivity contribution in [2.75, 3.05) is 10.6 Å². The second-order valence-electron chi connectivity index (χ2n) is 8.40. The van der Waals surface area contributed by atoms with Crippen molar-refractivity contribution in [3.63, 3.8) is 0 Å². The van der Waals surface area contributed by atoms with Crippen LogP contribution in [0.4, 0.5) is 11.6 Å². The standard InChI is InChI=1S/C27H43N3O2/c1-3-5-7-9-11-13-15-17-22-26(31)29-24-20-19-21-25(28-24)30-27(32)23-18-16-14-12-10-8-6-4-2/h3-4,19-21H,1-2,5-18,22-23H2,(H2,28,29,30,31,32). The van der Waals surface area contributed by atoms with E-state index in [1.165, 1.54) is 51.4 Å². The van der Waals surface area contributed by atoms with Crippen LogP contribution < -0.4 is 10.6 Å². The zero-order valence-electron chi connectivity index (χ0n) is 19.9. The lowest BCUT2D eigenvalue weighted by atomic mass is 10.1. The molecule has 0 fully saturated rings. The number of carbonyl (C=O) groups excluding carboxylic acids is 2. The molecule has 0 aliphatic carbocycles. The first-order chi connectivity index (χ1) is 15.7. The van der Waals surface area contributed by atoms with Crippen molar-refractivity contribution in [1.29, 1.82) is 0 Å². The number of nitrogens with zero attached hydrogens (tertiary/aromatic N) is 1. The molecule has 1 rings (SSSR count). The molecule has 0 spiro atoms. The second-order valence-corrected chi connectivity index (χ2v) is 8.40. The Bertz CT molecular complexity index is 619. The van der Waals surface area contributed by atoms with Gasteiger partial charge < -0.3 is 10.6 Å². The highest BCUT2D eigenvalue weighted by molar-refractivity contribution is 5.91. The summed E-state index contributed by atoms with van der Waals surface area (Å²) in [7, 11) is 0. The van der Waals surface area contributed by atoms with Crippen molar-refractivity contribution in [1.82, 2.24) is 4.98 Å². The van der Waals surface area contributed by atoms with Crippen molar-refractivity contribution in [3.05, 3.63) is 43.5 Å². The number of hydrogen-bond donors (Lipinski definition) is 2. The minimum absolute atomic E-state index is 0.0271. The third-order valence-corrected chi connectivity index (χ3v) is 5.41. The number of nitrogens with one attached hydrogen (secondary N) is 2. The highest BCUT2D eigenvalue weighted by Crippen LogP contribution is 2.13. The minimum Gasteiger partial charge on any atom is -0.311 e. The molecule has 0 saturated carbocycles.